The van der Waals surface area contributed by atoms with Gasteiger partial charge in [-0.15, -0.1) is 0 Å². The number of pyridine rings is 1. The SMILES string of the molecule is O=[N+]([O-])c1ccc(Nc2cccc(Nc3ccc([N+](=O)[O-])cc3)n2)cc1. The zero-order valence-electron chi connectivity index (χ0n) is 13.3. The maximum Gasteiger partial charge on any atom is 0.269 e. The van der Waals surface area contributed by atoms with Gasteiger partial charge in [-0.05, 0) is 36.4 Å². The van der Waals surface area contributed by atoms with Crippen molar-refractivity contribution < 1.29 is 9.85 Å². The average molecular weight is 351 g/mol. The molecule has 0 bridgehead atoms. The molecule has 1 aromatic heterocycles. The van der Waals surface area contributed by atoms with Gasteiger partial charge in [-0.25, -0.2) is 4.98 Å². The Morgan fingerprint density at radius 2 is 1.04 bits per heavy atom. The molecule has 2 aromatic carbocycles. The predicted molar refractivity (Wildman–Crippen MR) is 97.0 cm³/mol. The molecule has 9 heteroatoms. The molecule has 2 N–H and O–H groups in total. The lowest BCUT2D eigenvalue weighted by Crippen LogP contribution is -1.98. The third-order valence-corrected chi connectivity index (χ3v) is 3.45. The third kappa shape index (κ3) is 4.09. The molecule has 0 aliphatic heterocycles. The number of benzene rings is 2. The second kappa shape index (κ2) is 7.26. The van der Waals surface area contributed by atoms with E-state index in [0.29, 0.717) is 23.0 Å². The van der Waals surface area contributed by atoms with Crippen molar-refractivity contribution in [2.75, 3.05) is 10.6 Å². The first-order valence-electron chi connectivity index (χ1n) is 7.51. The summed E-state index contributed by atoms with van der Waals surface area (Å²) in [7, 11) is 0. The van der Waals surface area contributed by atoms with E-state index in [-0.39, 0.29) is 11.4 Å². The predicted octanol–water partition coefficient (Wildman–Crippen LogP) is 4.39. The lowest BCUT2D eigenvalue weighted by atomic mass is 10.2. The van der Waals surface area contributed by atoms with Gasteiger partial charge in [-0.2, -0.15) is 0 Å². The Morgan fingerprint density at radius 1 is 0.654 bits per heavy atom. The largest absolute Gasteiger partial charge is 0.340 e. The Balaban J connectivity index is 1.71. The van der Waals surface area contributed by atoms with Crippen molar-refractivity contribution in [2.45, 2.75) is 0 Å². The highest BCUT2D eigenvalue weighted by Crippen LogP contribution is 2.22. The molecule has 1 heterocycles. The minimum absolute atomic E-state index is 0.0112. The number of nitrogens with zero attached hydrogens (tertiary/aromatic N) is 3. The number of nitro benzene ring substituents is 2. The Kier molecular flexibility index (Phi) is 4.70. The van der Waals surface area contributed by atoms with Crippen LogP contribution in [-0.2, 0) is 0 Å². The van der Waals surface area contributed by atoms with Gasteiger partial charge in [0.25, 0.3) is 11.4 Å². The molecule has 0 atom stereocenters. The summed E-state index contributed by atoms with van der Waals surface area (Å²) in [6, 6.07) is 17.3. The van der Waals surface area contributed by atoms with E-state index in [2.05, 4.69) is 15.6 Å². The zero-order chi connectivity index (χ0) is 18.5. The molecule has 0 unspecified atom stereocenters. The average Bonchev–Trinajstić information content (AvgIpc) is 2.63. The van der Waals surface area contributed by atoms with Crippen molar-refractivity contribution in [3.63, 3.8) is 0 Å². The van der Waals surface area contributed by atoms with Crippen LogP contribution in [0.15, 0.2) is 66.7 Å². The van der Waals surface area contributed by atoms with Crippen molar-refractivity contribution in [1.29, 1.82) is 0 Å². The molecule has 0 spiro atoms. The second-order valence-electron chi connectivity index (χ2n) is 5.27. The molecule has 26 heavy (non-hydrogen) atoms. The zero-order valence-corrected chi connectivity index (χ0v) is 13.3. The van der Waals surface area contributed by atoms with Crippen LogP contribution in [0.25, 0.3) is 0 Å². The van der Waals surface area contributed by atoms with Crippen LogP contribution in [0.5, 0.6) is 0 Å². The third-order valence-electron chi connectivity index (χ3n) is 3.45. The maximum absolute atomic E-state index is 10.7. The van der Waals surface area contributed by atoms with Gasteiger partial charge in [0.15, 0.2) is 0 Å². The van der Waals surface area contributed by atoms with E-state index in [9.17, 15) is 20.2 Å². The van der Waals surface area contributed by atoms with E-state index in [4.69, 9.17) is 0 Å². The van der Waals surface area contributed by atoms with Crippen LogP contribution < -0.4 is 10.6 Å². The Hall–Kier alpha value is -4.01. The van der Waals surface area contributed by atoms with Crippen LogP contribution in [-0.4, -0.2) is 14.8 Å². The number of nitro groups is 2. The first-order valence-corrected chi connectivity index (χ1v) is 7.51. The highest BCUT2D eigenvalue weighted by atomic mass is 16.6. The van der Waals surface area contributed by atoms with Gasteiger partial charge in [0.05, 0.1) is 9.85 Å². The number of hydrogen-bond acceptors (Lipinski definition) is 7. The van der Waals surface area contributed by atoms with E-state index in [1.807, 2.05) is 0 Å². The summed E-state index contributed by atoms with van der Waals surface area (Å²) < 4.78 is 0. The first kappa shape index (κ1) is 16.8. The standard InChI is InChI=1S/C17H13N5O4/c23-21(24)14-8-4-12(5-9-14)18-16-2-1-3-17(20-16)19-13-6-10-15(11-7-13)22(25)26/h1-11H,(H2,18,19,20). The molecule has 3 rings (SSSR count). The van der Waals surface area contributed by atoms with E-state index >= 15 is 0 Å². The Morgan fingerprint density at radius 3 is 1.38 bits per heavy atom. The summed E-state index contributed by atoms with van der Waals surface area (Å²) in [6.07, 6.45) is 0. The summed E-state index contributed by atoms with van der Waals surface area (Å²) in [5, 5.41) is 27.5. The number of aromatic nitrogens is 1. The van der Waals surface area contributed by atoms with Gasteiger partial charge in [-0.3, -0.25) is 20.2 Å². The lowest BCUT2D eigenvalue weighted by molar-refractivity contribution is -0.385. The fraction of sp³-hybridized carbons (Fsp3) is 0. The van der Waals surface area contributed by atoms with Crippen LogP contribution in [0.2, 0.25) is 0 Å². The summed E-state index contributed by atoms with van der Waals surface area (Å²) >= 11 is 0. The van der Waals surface area contributed by atoms with Gasteiger partial charge < -0.3 is 10.6 Å². The molecule has 3 aromatic rings. The molecule has 130 valence electrons. The molecule has 0 fully saturated rings. The molecule has 0 saturated heterocycles. The highest BCUT2D eigenvalue weighted by Gasteiger charge is 2.06. The molecular formula is C17H13N5O4. The molecule has 9 nitrogen and oxygen atoms in total. The normalized spacial score (nSPS) is 10.2. The number of hydrogen-bond donors (Lipinski definition) is 2. The Bertz CT molecular complexity index is 867. The summed E-state index contributed by atoms with van der Waals surface area (Å²) in [6.45, 7) is 0. The van der Waals surface area contributed by atoms with Crippen molar-refractivity contribution in [2.24, 2.45) is 0 Å². The van der Waals surface area contributed by atoms with Crippen molar-refractivity contribution in [3.8, 4) is 0 Å². The van der Waals surface area contributed by atoms with Crippen molar-refractivity contribution >= 4 is 34.4 Å². The van der Waals surface area contributed by atoms with Gasteiger partial charge in [0.2, 0.25) is 0 Å². The van der Waals surface area contributed by atoms with E-state index in [0.717, 1.165) is 0 Å². The van der Waals surface area contributed by atoms with Gasteiger partial charge in [-0.1, -0.05) is 6.07 Å². The quantitative estimate of drug-likeness (QED) is 0.498. The topological polar surface area (TPSA) is 123 Å². The lowest BCUT2D eigenvalue weighted by Gasteiger charge is -2.09. The van der Waals surface area contributed by atoms with Crippen molar-refractivity contribution in [1.82, 2.24) is 4.98 Å². The number of anilines is 4. The first-order chi connectivity index (χ1) is 12.5. The highest BCUT2D eigenvalue weighted by molar-refractivity contribution is 5.63. The molecule has 0 radical (unpaired) electrons. The van der Waals surface area contributed by atoms with Crippen LogP contribution in [0, 0.1) is 20.2 Å². The van der Waals surface area contributed by atoms with Gasteiger partial charge >= 0.3 is 0 Å². The fourth-order valence-electron chi connectivity index (χ4n) is 2.20. The van der Waals surface area contributed by atoms with Crippen LogP contribution in [0.4, 0.5) is 34.4 Å². The molecule has 0 saturated carbocycles. The van der Waals surface area contributed by atoms with E-state index < -0.39 is 9.85 Å². The number of non-ortho nitro benzene ring substituents is 2. The minimum atomic E-state index is -0.462. The summed E-state index contributed by atoms with van der Waals surface area (Å²) in [4.78, 5) is 24.8. The number of nitrogens with one attached hydrogen (secondary N) is 2. The Labute approximate surface area is 147 Å². The number of rotatable bonds is 6. The van der Waals surface area contributed by atoms with E-state index in [1.165, 1.54) is 24.3 Å². The van der Waals surface area contributed by atoms with Crippen molar-refractivity contribution in [3.05, 3.63) is 87.0 Å². The maximum atomic E-state index is 10.7. The monoisotopic (exact) mass is 351 g/mol. The van der Waals surface area contributed by atoms with Crippen LogP contribution in [0.3, 0.4) is 0 Å². The van der Waals surface area contributed by atoms with Crippen LogP contribution >= 0.6 is 0 Å². The van der Waals surface area contributed by atoms with Crippen LogP contribution in [0.1, 0.15) is 0 Å². The summed E-state index contributed by atoms with van der Waals surface area (Å²) in [5.41, 5.74) is 1.35. The molecular weight excluding hydrogens is 338 g/mol. The van der Waals surface area contributed by atoms with E-state index in [1.54, 1.807) is 42.5 Å². The summed E-state index contributed by atoms with van der Waals surface area (Å²) in [5.74, 6) is 1.09. The van der Waals surface area contributed by atoms with Gasteiger partial charge in [0.1, 0.15) is 11.6 Å². The molecule has 0 amide bonds. The fourth-order valence-corrected chi connectivity index (χ4v) is 2.20. The van der Waals surface area contributed by atoms with Gasteiger partial charge in [0, 0.05) is 35.6 Å². The smallest absolute Gasteiger partial charge is 0.269 e. The second-order valence-corrected chi connectivity index (χ2v) is 5.27. The minimum Gasteiger partial charge on any atom is -0.340 e. The molecule has 0 aliphatic rings. The molecule has 0 aliphatic carbocycles.